The van der Waals surface area contributed by atoms with Gasteiger partial charge < -0.3 is 20.9 Å². The number of anilines is 1. The summed E-state index contributed by atoms with van der Waals surface area (Å²) in [4.78, 5) is 31.9. The van der Waals surface area contributed by atoms with Gasteiger partial charge in [-0.2, -0.15) is 0 Å². The highest BCUT2D eigenvalue weighted by Crippen LogP contribution is 2.35. The number of fused-ring (bicyclic) bond motifs is 3. The fraction of sp³-hybridized carbons (Fsp3) is 0.250. The number of carbonyl (C=O) groups excluding carboxylic acids is 1. The van der Waals surface area contributed by atoms with Gasteiger partial charge in [-0.3, -0.25) is 14.2 Å². The highest BCUT2D eigenvalue weighted by atomic mass is 32.1. The first kappa shape index (κ1) is 22.3. The molecule has 1 aliphatic carbocycles. The standard InChI is InChI=1S/C28H26N6O2S/c29-25-28(36)34(21-7-6-16-8-9-33(22(16)12-21)20-4-2-1-3-5-20)23-13-24(37-27(23)32-25)26(35)31-19-10-17-14-30-15-18(17)11-19/h1-9,12-13,17-19,30H,10-11,14-15H2,(H2,29,32)(H,31,35)/t17-,18+,19?. The number of nitrogens with two attached hydrogens (primary N) is 1. The molecule has 186 valence electrons. The van der Waals surface area contributed by atoms with Crippen LogP contribution in [0.25, 0.3) is 32.6 Å². The van der Waals surface area contributed by atoms with Crippen LogP contribution in [0, 0.1) is 11.8 Å². The Hall–Kier alpha value is -3.95. The molecule has 3 aromatic heterocycles. The molecule has 4 heterocycles. The van der Waals surface area contributed by atoms with E-state index < -0.39 is 5.56 Å². The monoisotopic (exact) mass is 510 g/mol. The van der Waals surface area contributed by atoms with E-state index >= 15 is 0 Å². The summed E-state index contributed by atoms with van der Waals surface area (Å²) in [5.41, 5.74) is 8.91. The SMILES string of the molecule is Nc1nc2sc(C(=O)NC3C[C@H]4CNC[C@H]4C3)cc2n(-c2ccc3ccn(-c4ccccc4)c3c2)c1=O. The van der Waals surface area contributed by atoms with Gasteiger partial charge in [0.1, 0.15) is 4.83 Å². The van der Waals surface area contributed by atoms with Crippen molar-refractivity contribution < 1.29 is 4.79 Å². The molecule has 3 atom stereocenters. The maximum atomic E-state index is 13.2. The molecule has 7 rings (SSSR count). The van der Waals surface area contributed by atoms with Crippen molar-refractivity contribution in [2.24, 2.45) is 11.8 Å². The first-order valence-electron chi connectivity index (χ1n) is 12.6. The number of thiophene rings is 1. The molecule has 37 heavy (non-hydrogen) atoms. The molecule has 2 aromatic carbocycles. The van der Waals surface area contributed by atoms with Crippen LogP contribution in [0.15, 0.2) is 71.7 Å². The Morgan fingerprint density at radius 1 is 1.00 bits per heavy atom. The van der Waals surface area contributed by atoms with E-state index in [2.05, 4.69) is 20.2 Å². The van der Waals surface area contributed by atoms with Crippen molar-refractivity contribution in [1.29, 1.82) is 0 Å². The Balaban J connectivity index is 1.28. The van der Waals surface area contributed by atoms with Gasteiger partial charge in [0.2, 0.25) is 0 Å². The molecule has 0 spiro atoms. The van der Waals surface area contributed by atoms with E-state index in [1.54, 1.807) is 10.6 Å². The number of nitrogen functional groups attached to an aromatic ring is 1. The third-order valence-electron chi connectivity index (χ3n) is 7.76. The van der Waals surface area contributed by atoms with Crippen molar-refractivity contribution in [1.82, 2.24) is 24.8 Å². The van der Waals surface area contributed by atoms with Crippen LogP contribution in [0.2, 0.25) is 0 Å². The molecule has 1 amide bonds. The van der Waals surface area contributed by atoms with Crippen LogP contribution >= 0.6 is 11.3 Å². The van der Waals surface area contributed by atoms with Gasteiger partial charge in [-0.25, -0.2) is 4.98 Å². The van der Waals surface area contributed by atoms with E-state index in [0.717, 1.165) is 42.5 Å². The molecule has 1 unspecified atom stereocenters. The van der Waals surface area contributed by atoms with Gasteiger partial charge in [0.25, 0.3) is 11.5 Å². The molecule has 1 saturated carbocycles. The molecule has 2 aliphatic rings. The lowest BCUT2D eigenvalue weighted by Gasteiger charge is -2.12. The topological polar surface area (TPSA) is 107 Å². The first-order valence-corrected chi connectivity index (χ1v) is 13.4. The maximum absolute atomic E-state index is 13.2. The van der Waals surface area contributed by atoms with Crippen molar-refractivity contribution in [3.8, 4) is 11.4 Å². The Labute approximate surface area is 216 Å². The molecule has 1 saturated heterocycles. The van der Waals surface area contributed by atoms with Crippen LogP contribution in [0.1, 0.15) is 22.5 Å². The molecular formula is C28H26N6O2S. The van der Waals surface area contributed by atoms with E-state index in [9.17, 15) is 9.59 Å². The van der Waals surface area contributed by atoms with E-state index in [1.165, 1.54) is 11.3 Å². The molecule has 0 radical (unpaired) electrons. The zero-order chi connectivity index (χ0) is 25.1. The van der Waals surface area contributed by atoms with Crippen molar-refractivity contribution in [2.45, 2.75) is 18.9 Å². The minimum absolute atomic E-state index is 0.0871. The van der Waals surface area contributed by atoms with Gasteiger partial charge in [0, 0.05) is 23.3 Å². The van der Waals surface area contributed by atoms with Crippen LogP contribution in [0.4, 0.5) is 5.82 Å². The van der Waals surface area contributed by atoms with E-state index in [4.69, 9.17) is 5.73 Å². The predicted molar refractivity (Wildman–Crippen MR) is 147 cm³/mol. The second-order valence-electron chi connectivity index (χ2n) is 10.0. The third kappa shape index (κ3) is 3.73. The number of rotatable bonds is 4. The quantitative estimate of drug-likeness (QED) is 0.342. The van der Waals surface area contributed by atoms with E-state index in [1.807, 2.05) is 60.8 Å². The van der Waals surface area contributed by atoms with Crippen LogP contribution in [0.3, 0.4) is 0 Å². The molecule has 5 aromatic rings. The summed E-state index contributed by atoms with van der Waals surface area (Å²) < 4.78 is 3.66. The summed E-state index contributed by atoms with van der Waals surface area (Å²) in [6.07, 6.45) is 4.03. The molecule has 4 N–H and O–H groups in total. The lowest BCUT2D eigenvalue weighted by Crippen LogP contribution is -2.33. The Morgan fingerprint density at radius 3 is 2.57 bits per heavy atom. The Bertz CT molecular complexity index is 1710. The zero-order valence-electron chi connectivity index (χ0n) is 20.1. The summed E-state index contributed by atoms with van der Waals surface area (Å²) in [6, 6.07) is 19.9. The smallest absolute Gasteiger partial charge is 0.298 e. The Morgan fingerprint density at radius 2 is 1.78 bits per heavy atom. The zero-order valence-corrected chi connectivity index (χ0v) is 20.9. The van der Waals surface area contributed by atoms with Gasteiger partial charge in [-0.1, -0.05) is 24.3 Å². The molecule has 1 aliphatic heterocycles. The number of para-hydroxylation sites is 1. The van der Waals surface area contributed by atoms with Gasteiger partial charge in [0.05, 0.1) is 21.6 Å². The van der Waals surface area contributed by atoms with Gasteiger partial charge in [0.15, 0.2) is 5.82 Å². The fourth-order valence-electron chi connectivity index (χ4n) is 5.97. The number of carbonyl (C=O) groups is 1. The van der Waals surface area contributed by atoms with Crippen LogP contribution < -0.4 is 21.9 Å². The van der Waals surface area contributed by atoms with Crippen molar-refractivity contribution in [2.75, 3.05) is 18.8 Å². The van der Waals surface area contributed by atoms with Crippen LogP contribution in [0.5, 0.6) is 0 Å². The maximum Gasteiger partial charge on any atom is 0.298 e. The lowest BCUT2D eigenvalue weighted by atomic mass is 10.0. The molecular weight excluding hydrogens is 484 g/mol. The minimum atomic E-state index is -0.398. The number of nitrogens with zero attached hydrogens (tertiary/aromatic N) is 3. The number of aromatic nitrogens is 3. The molecule has 0 bridgehead atoms. The normalized spacial score (nSPS) is 21.0. The number of hydrogen-bond donors (Lipinski definition) is 3. The largest absolute Gasteiger partial charge is 0.379 e. The minimum Gasteiger partial charge on any atom is -0.379 e. The summed E-state index contributed by atoms with van der Waals surface area (Å²) in [5, 5.41) is 7.71. The van der Waals surface area contributed by atoms with Gasteiger partial charge in [-0.15, -0.1) is 11.3 Å². The predicted octanol–water partition coefficient (Wildman–Crippen LogP) is 3.70. The van der Waals surface area contributed by atoms with Crippen molar-refractivity contribution in [3.63, 3.8) is 0 Å². The summed E-state index contributed by atoms with van der Waals surface area (Å²) in [7, 11) is 0. The van der Waals surface area contributed by atoms with E-state index in [-0.39, 0.29) is 17.8 Å². The van der Waals surface area contributed by atoms with Crippen molar-refractivity contribution >= 4 is 44.3 Å². The first-order chi connectivity index (χ1) is 18.0. The average Bonchev–Trinajstić information content (AvgIpc) is 3.68. The molecule has 9 heteroatoms. The number of benzene rings is 2. The molecule has 2 fully saturated rings. The number of hydrogen-bond acceptors (Lipinski definition) is 6. The highest BCUT2D eigenvalue weighted by molar-refractivity contribution is 7.20. The second kappa shape index (κ2) is 8.57. The average molecular weight is 511 g/mol. The van der Waals surface area contributed by atoms with Gasteiger partial charge >= 0.3 is 0 Å². The van der Waals surface area contributed by atoms with E-state index in [0.29, 0.717) is 32.7 Å². The lowest BCUT2D eigenvalue weighted by molar-refractivity contribution is 0.0940. The second-order valence-corrected chi connectivity index (χ2v) is 11.1. The van der Waals surface area contributed by atoms with Crippen LogP contribution in [-0.4, -0.2) is 39.2 Å². The number of amides is 1. The highest BCUT2D eigenvalue weighted by Gasteiger charge is 2.38. The fourth-order valence-corrected chi connectivity index (χ4v) is 6.90. The third-order valence-corrected chi connectivity index (χ3v) is 8.78. The van der Waals surface area contributed by atoms with Gasteiger partial charge in [-0.05, 0) is 74.2 Å². The summed E-state index contributed by atoms with van der Waals surface area (Å²) in [6.45, 7) is 2.07. The Kier molecular flexibility index (Phi) is 5.16. The summed E-state index contributed by atoms with van der Waals surface area (Å²) in [5.74, 6) is 1.08. The van der Waals surface area contributed by atoms with Crippen molar-refractivity contribution in [3.05, 3.63) is 82.1 Å². The summed E-state index contributed by atoms with van der Waals surface area (Å²) >= 11 is 1.27. The van der Waals surface area contributed by atoms with Crippen LogP contribution in [-0.2, 0) is 0 Å². The molecule has 8 nitrogen and oxygen atoms in total. The number of nitrogens with one attached hydrogen (secondary N) is 2.